The fourth-order valence-corrected chi connectivity index (χ4v) is 2.20. The average Bonchev–Trinajstić information content (AvgIpc) is 2.54. The molecule has 1 saturated heterocycles. The van der Waals surface area contributed by atoms with Crippen LogP contribution in [0.25, 0.3) is 0 Å². The minimum Gasteiger partial charge on any atom is -0.351 e. The lowest BCUT2D eigenvalue weighted by molar-refractivity contribution is -0.127. The van der Waals surface area contributed by atoms with Gasteiger partial charge in [-0.25, -0.2) is 0 Å². The molecule has 17 heavy (non-hydrogen) atoms. The molecule has 104 valence electrons. The maximum Gasteiger partial charge on any atom is 0.237 e. The van der Waals surface area contributed by atoms with Gasteiger partial charge in [-0.2, -0.15) is 0 Å². The quantitative estimate of drug-likeness (QED) is 0.807. The molecule has 2 N–H and O–H groups in total. The Labute approximate surface area is 117 Å². The smallest absolute Gasteiger partial charge is 0.237 e. The molecule has 1 aliphatic rings. The lowest BCUT2D eigenvalue weighted by atomic mass is 10.0. The molecule has 4 nitrogen and oxygen atoms in total. The first-order chi connectivity index (χ1) is 7.02. The lowest BCUT2D eigenvalue weighted by Crippen LogP contribution is -2.50. The minimum absolute atomic E-state index is 0. The van der Waals surface area contributed by atoms with Crippen molar-refractivity contribution < 1.29 is 4.79 Å². The fourth-order valence-electron chi connectivity index (χ4n) is 2.20. The van der Waals surface area contributed by atoms with Crippen molar-refractivity contribution in [3.05, 3.63) is 0 Å². The number of nitrogens with one attached hydrogen (secondary N) is 2. The van der Waals surface area contributed by atoms with Crippen molar-refractivity contribution in [1.29, 1.82) is 0 Å². The molecule has 0 bridgehead atoms. The maximum absolute atomic E-state index is 12.0. The van der Waals surface area contributed by atoms with Crippen molar-refractivity contribution in [2.45, 2.75) is 32.4 Å². The summed E-state index contributed by atoms with van der Waals surface area (Å²) in [4.78, 5) is 14.0. The van der Waals surface area contributed by atoms with Crippen molar-refractivity contribution in [2.24, 2.45) is 5.92 Å². The Morgan fingerprint density at radius 2 is 1.94 bits per heavy atom. The zero-order valence-electron chi connectivity index (χ0n) is 11.0. The van der Waals surface area contributed by atoms with E-state index in [4.69, 9.17) is 0 Å². The number of likely N-dealkylation sites (N-methyl/N-ethyl adjacent to an activating group) is 1. The fraction of sp³-hybridized carbons (Fsp3) is 0.909. The SMILES string of the molecule is CC(C)C(C(=O)NC1CCNC1)N(C)C.Cl.Cl. The zero-order valence-corrected chi connectivity index (χ0v) is 12.7. The molecule has 0 aromatic carbocycles. The number of amides is 1. The van der Waals surface area contributed by atoms with Gasteiger partial charge in [0.2, 0.25) is 5.91 Å². The van der Waals surface area contributed by atoms with Gasteiger partial charge in [0.25, 0.3) is 0 Å². The second kappa shape index (κ2) is 8.97. The Morgan fingerprint density at radius 3 is 2.29 bits per heavy atom. The Morgan fingerprint density at radius 1 is 1.35 bits per heavy atom. The van der Waals surface area contributed by atoms with E-state index in [0.717, 1.165) is 19.5 Å². The molecule has 2 unspecified atom stereocenters. The highest BCUT2D eigenvalue weighted by atomic mass is 35.5. The van der Waals surface area contributed by atoms with Crippen LogP contribution in [0.2, 0.25) is 0 Å². The van der Waals surface area contributed by atoms with Gasteiger partial charge < -0.3 is 10.6 Å². The third kappa shape index (κ3) is 5.91. The molecule has 0 radical (unpaired) electrons. The number of carbonyl (C=O) groups excluding carboxylic acids is 1. The van der Waals surface area contributed by atoms with Gasteiger partial charge in [-0.1, -0.05) is 13.8 Å². The zero-order chi connectivity index (χ0) is 11.4. The first-order valence-electron chi connectivity index (χ1n) is 5.70. The lowest BCUT2D eigenvalue weighted by Gasteiger charge is -2.28. The van der Waals surface area contributed by atoms with Gasteiger partial charge in [-0.05, 0) is 33.0 Å². The normalized spacial score (nSPS) is 20.7. The molecule has 0 saturated carbocycles. The largest absolute Gasteiger partial charge is 0.351 e. The van der Waals surface area contributed by atoms with Crippen LogP contribution in [0, 0.1) is 5.92 Å². The summed E-state index contributed by atoms with van der Waals surface area (Å²) in [5.41, 5.74) is 0. The van der Waals surface area contributed by atoms with E-state index in [1.54, 1.807) is 0 Å². The van der Waals surface area contributed by atoms with Gasteiger partial charge in [0.1, 0.15) is 0 Å². The molecule has 0 aliphatic carbocycles. The van der Waals surface area contributed by atoms with E-state index in [9.17, 15) is 4.79 Å². The number of nitrogens with zero attached hydrogens (tertiary/aromatic N) is 1. The summed E-state index contributed by atoms with van der Waals surface area (Å²) < 4.78 is 0. The summed E-state index contributed by atoms with van der Waals surface area (Å²) >= 11 is 0. The monoisotopic (exact) mass is 285 g/mol. The number of rotatable bonds is 4. The summed E-state index contributed by atoms with van der Waals surface area (Å²) in [6.45, 7) is 6.08. The van der Waals surface area contributed by atoms with Gasteiger partial charge in [-0.3, -0.25) is 9.69 Å². The molecule has 2 atom stereocenters. The number of hydrogen-bond donors (Lipinski definition) is 2. The molecular weight excluding hydrogens is 261 g/mol. The predicted molar refractivity (Wildman–Crippen MR) is 76.2 cm³/mol. The van der Waals surface area contributed by atoms with Crippen molar-refractivity contribution in [1.82, 2.24) is 15.5 Å². The second-order valence-corrected chi connectivity index (χ2v) is 4.85. The number of halogens is 2. The number of carbonyl (C=O) groups is 1. The molecule has 1 fully saturated rings. The van der Waals surface area contributed by atoms with Crippen LogP contribution in [0.4, 0.5) is 0 Å². The Kier molecular flexibility index (Phi) is 10.2. The van der Waals surface area contributed by atoms with Gasteiger partial charge in [-0.15, -0.1) is 24.8 Å². The molecule has 0 aromatic heterocycles. The van der Waals surface area contributed by atoms with Crippen LogP contribution < -0.4 is 10.6 Å². The maximum atomic E-state index is 12.0. The molecule has 6 heteroatoms. The Hall–Kier alpha value is -0.0300. The van der Waals surface area contributed by atoms with E-state index < -0.39 is 0 Å². The van der Waals surface area contributed by atoms with E-state index in [1.165, 1.54) is 0 Å². The summed E-state index contributed by atoms with van der Waals surface area (Å²) in [6, 6.07) is 0.296. The van der Waals surface area contributed by atoms with E-state index in [2.05, 4.69) is 24.5 Å². The van der Waals surface area contributed by atoms with E-state index >= 15 is 0 Å². The standard InChI is InChI=1S/C11H23N3O.2ClH/c1-8(2)10(14(3)4)11(15)13-9-5-6-12-7-9;;/h8-10,12H,5-7H2,1-4H3,(H,13,15);2*1H. The average molecular weight is 286 g/mol. The van der Waals surface area contributed by atoms with Crippen molar-refractivity contribution in [3.8, 4) is 0 Å². The third-order valence-electron chi connectivity index (χ3n) is 2.86. The summed E-state index contributed by atoms with van der Waals surface area (Å²) in [6.07, 6.45) is 1.05. The second-order valence-electron chi connectivity index (χ2n) is 4.85. The Balaban J connectivity index is 0. The van der Waals surface area contributed by atoms with Gasteiger partial charge >= 0.3 is 0 Å². The van der Waals surface area contributed by atoms with Crippen molar-refractivity contribution >= 4 is 30.7 Å². The van der Waals surface area contributed by atoms with Crippen LogP contribution in [-0.4, -0.2) is 50.1 Å². The van der Waals surface area contributed by atoms with E-state index in [0.29, 0.717) is 12.0 Å². The summed E-state index contributed by atoms with van der Waals surface area (Å²) in [7, 11) is 3.91. The van der Waals surface area contributed by atoms with E-state index in [1.807, 2.05) is 19.0 Å². The van der Waals surface area contributed by atoms with Crippen molar-refractivity contribution in [3.63, 3.8) is 0 Å². The van der Waals surface area contributed by atoms with E-state index in [-0.39, 0.29) is 36.8 Å². The highest BCUT2D eigenvalue weighted by Crippen LogP contribution is 2.08. The van der Waals surface area contributed by atoms with Crippen LogP contribution in [0.5, 0.6) is 0 Å². The predicted octanol–water partition coefficient (Wildman–Crippen LogP) is 0.894. The highest BCUT2D eigenvalue weighted by Gasteiger charge is 2.26. The topological polar surface area (TPSA) is 44.4 Å². The molecular formula is C11H25Cl2N3O. The molecule has 1 rings (SSSR count). The Bertz CT molecular complexity index is 211. The molecule has 0 spiro atoms. The first kappa shape index (κ1) is 19.3. The van der Waals surface area contributed by atoms with Crippen LogP contribution in [-0.2, 0) is 4.79 Å². The van der Waals surface area contributed by atoms with Gasteiger partial charge in [0.05, 0.1) is 6.04 Å². The third-order valence-corrected chi connectivity index (χ3v) is 2.86. The van der Waals surface area contributed by atoms with Crippen molar-refractivity contribution in [2.75, 3.05) is 27.2 Å². The summed E-state index contributed by atoms with van der Waals surface area (Å²) in [5.74, 6) is 0.498. The van der Waals surface area contributed by atoms with Gasteiger partial charge in [0.15, 0.2) is 0 Å². The molecule has 1 aliphatic heterocycles. The summed E-state index contributed by atoms with van der Waals surface area (Å²) in [5, 5.41) is 6.35. The molecule has 0 aromatic rings. The minimum atomic E-state index is -0.0226. The van der Waals surface area contributed by atoms with Crippen LogP contribution in [0.3, 0.4) is 0 Å². The first-order valence-corrected chi connectivity index (χ1v) is 5.70. The van der Waals surface area contributed by atoms with Crippen LogP contribution in [0.1, 0.15) is 20.3 Å². The van der Waals surface area contributed by atoms with Gasteiger partial charge in [0, 0.05) is 12.6 Å². The molecule has 1 amide bonds. The van der Waals surface area contributed by atoms with Crippen LogP contribution in [0.15, 0.2) is 0 Å². The van der Waals surface area contributed by atoms with Crippen LogP contribution >= 0.6 is 24.8 Å². The number of hydrogen-bond acceptors (Lipinski definition) is 3. The molecule has 1 heterocycles. The highest BCUT2D eigenvalue weighted by molar-refractivity contribution is 5.85.